The summed E-state index contributed by atoms with van der Waals surface area (Å²) in [6.07, 6.45) is 1.33. The molecule has 0 fully saturated rings. The first-order valence-electron chi connectivity index (χ1n) is 12.4. The molecule has 10 N–H and O–H groups in total. The molecule has 1 aromatic carbocycles. The fourth-order valence-electron chi connectivity index (χ4n) is 3.54. The summed E-state index contributed by atoms with van der Waals surface area (Å²) in [6, 6.07) is 4.24. The van der Waals surface area contributed by atoms with Crippen molar-refractivity contribution in [3.05, 3.63) is 35.9 Å². The Morgan fingerprint density at radius 2 is 1.46 bits per heavy atom. The van der Waals surface area contributed by atoms with Crippen LogP contribution in [0, 0.1) is 5.92 Å². The fraction of sp³-hybridized carbons (Fsp3) is 0.560. The molecule has 0 saturated heterocycles. The van der Waals surface area contributed by atoms with Crippen LogP contribution in [0.15, 0.2) is 30.3 Å². The number of nitrogens with one attached hydrogen (secondary N) is 3. The van der Waals surface area contributed by atoms with Crippen LogP contribution in [0.5, 0.6) is 0 Å². The molecule has 0 radical (unpaired) electrons. The number of primary amides is 1. The minimum Gasteiger partial charge on any atom is -0.480 e. The van der Waals surface area contributed by atoms with E-state index in [1.54, 1.807) is 30.3 Å². The monoisotopic (exact) mass is 520 g/mol. The number of carbonyl (C=O) groups excluding carboxylic acids is 4. The van der Waals surface area contributed by atoms with Crippen molar-refractivity contribution in [3.8, 4) is 0 Å². The second kappa shape index (κ2) is 16.3. The molecule has 37 heavy (non-hydrogen) atoms. The Bertz CT molecular complexity index is 912. The quantitative estimate of drug-likeness (QED) is 0.128. The number of benzene rings is 1. The number of hydrogen-bond acceptors (Lipinski definition) is 7. The predicted octanol–water partition coefficient (Wildman–Crippen LogP) is -0.854. The fourth-order valence-corrected chi connectivity index (χ4v) is 3.54. The Morgan fingerprint density at radius 1 is 0.892 bits per heavy atom. The SMILES string of the molecule is CCC(C)C(N)C(=O)NC(Cc1ccccc1)C(=O)NC(CC(N)=O)C(=O)NC(CCCCN)C(=O)O. The molecule has 0 spiro atoms. The molecule has 0 heterocycles. The molecule has 0 aliphatic heterocycles. The molecule has 1 rings (SSSR count). The number of carboxylic acid groups (broad SMARTS) is 1. The van der Waals surface area contributed by atoms with Gasteiger partial charge in [0.15, 0.2) is 0 Å². The maximum atomic E-state index is 13.2. The van der Waals surface area contributed by atoms with Gasteiger partial charge in [0.1, 0.15) is 18.1 Å². The molecular weight excluding hydrogens is 480 g/mol. The maximum absolute atomic E-state index is 13.2. The van der Waals surface area contributed by atoms with E-state index in [1.165, 1.54) is 0 Å². The van der Waals surface area contributed by atoms with Crippen LogP contribution in [0.2, 0.25) is 0 Å². The zero-order valence-corrected chi connectivity index (χ0v) is 21.4. The first-order chi connectivity index (χ1) is 17.5. The average Bonchev–Trinajstić information content (AvgIpc) is 2.86. The minimum atomic E-state index is -1.44. The number of unbranched alkanes of at least 4 members (excludes halogenated alkanes) is 1. The molecule has 206 valence electrons. The number of nitrogens with two attached hydrogens (primary N) is 3. The molecule has 0 aliphatic rings. The number of rotatable bonds is 17. The lowest BCUT2D eigenvalue weighted by atomic mass is 9.98. The third kappa shape index (κ3) is 11.4. The van der Waals surface area contributed by atoms with Gasteiger partial charge in [-0.15, -0.1) is 0 Å². The van der Waals surface area contributed by atoms with Crippen molar-refractivity contribution in [1.82, 2.24) is 16.0 Å². The van der Waals surface area contributed by atoms with Gasteiger partial charge in [-0.3, -0.25) is 19.2 Å². The number of aliphatic carboxylic acids is 1. The van der Waals surface area contributed by atoms with E-state index in [0.29, 0.717) is 25.8 Å². The van der Waals surface area contributed by atoms with Gasteiger partial charge in [0.05, 0.1) is 12.5 Å². The van der Waals surface area contributed by atoms with E-state index < -0.39 is 60.2 Å². The van der Waals surface area contributed by atoms with Crippen LogP contribution in [0.3, 0.4) is 0 Å². The van der Waals surface area contributed by atoms with E-state index in [2.05, 4.69) is 16.0 Å². The zero-order valence-electron chi connectivity index (χ0n) is 21.4. The molecular formula is C25H40N6O6. The number of carboxylic acids is 1. The minimum absolute atomic E-state index is 0.0907. The molecule has 0 saturated carbocycles. The average molecular weight is 521 g/mol. The summed E-state index contributed by atoms with van der Waals surface area (Å²) >= 11 is 0. The smallest absolute Gasteiger partial charge is 0.326 e. The van der Waals surface area contributed by atoms with Gasteiger partial charge < -0.3 is 38.3 Å². The number of carbonyl (C=O) groups is 5. The van der Waals surface area contributed by atoms with Gasteiger partial charge in [0.25, 0.3) is 0 Å². The summed E-state index contributed by atoms with van der Waals surface area (Å²) in [5.41, 5.74) is 17.5. The molecule has 5 atom stereocenters. The maximum Gasteiger partial charge on any atom is 0.326 e. The lowest BCUT2D eigenvalue weighted by Crippen LogP contribution is -2.58. The number of amides is 4. The molecule has 0 aromatic heterocycles. The van der Waals surface area contributed by atoms with Gasteiger partial charge in [0.2, 0.25) is 23.6 Å². The van der Waals surface area contributed by atoms with Gasteiger partial charge in [-0.25, -0.2) is 4.79 Å². The van der Waals surface area contributed by atoms with Crippen molar-refractivity contribution < 1.29 is 29.1 Å². The summed E-state index contributed by atoms with van der Waals surface area (Å²) in [4.78, 5) is 62.1. The van der Waals surface area contributed by atoms with E-state index in [1.807, 2.05) is 13.8 Å². The van der Waals surface area contributed by atoms with Crippen LogP contribution < -0.4 is 33.2 Å². The van der Waals surface area contributed by atoms with E-state index in [0.717, 1.165) is 5.56 Å². The van der Waals surface area contributed by atoms with E-state index in [9.17, 15) is 29.1 Å². The normalized spacial score (nSPS) is 14.9. The lowest BCUT2D eigenvalue weighted by Gasteiger charge is -2.26. The molecule has 5 unspecified atom stereocenters. The van der Waals surface area contributed by atoms with Crippen molar-refractivity contribution in [1.29, 1.82) is 0 Å². The van der Waals surface area contributed by atoms with Crippen LogP contribution >= 0.6 is 0 Å². The zero-order chi connectivity index (χ0) is 28.0. The first kappa shape index (κ1) is 31.5. The summed E-state index contributed by atoms with van der Waals surface area (Å²) in [5, 5.41) is 16.9. The molecule has 0 aliphatic carbocycles. The van der Waals surface area contributed by atoms with Crippen LogP contribution in [-0.4, -0.2) is 65.4 Å². The van der Waals surface area contributed by atoms with Crippen LogP contribution in [0.25, 0.3) is 0 Å². The first-order valence-corrected chi connectivity index (χ1v) is 12.4. The lowest BCUT2D eigenvalue weighted by molar-refractivity contribution is -0.142. The Hall–Kier alpha value is -3.51. The molecule has 4 amide bonds. The van der Waals surface area contributed by atoms with Crippen LogP contribution in [0.4, 0.5) is 0 Å². The Morgan fingerprint density at radius 3 is 2.00 bits per heavy atom. The molecule has 12 heteroatoms. The summed E-state index contributed by atoms with van der Waals surface area (Å²) in [7, 11) is 0. The number of hydrogen-bond donors (Lipinski definition) is 7. The van der Waals surface area contributed by atoms with Crippen molar-refractivity contribution in [3.63, 3.8) is 0 Å². The van der Waals surface area contributed by atoms with E-state index in [-0.39, 0.29) is 18.8 Å². The van der Waals surface area contributed by atoms with Gasteiger partial charge >= 0.3 is 5.97 Å². The van der Waals surface area contributed by atoms with Gasteiger partial charge in [-0.05, 0) is 37.3 Å². The van der Waals surface area contributed by atoms with Crippen LogP contribution in [0.1, 0.15) is 51.5 Å². The van der Waals surface area contributed by atoms with Crippen molar-refractivity contribution in [2.75, 3.05) is 6.54 Å². The third-order valence-electron chi connectivity index (χ3n) is 6.08. The standard InChI is InChI=1S/C25H40N6O6/c1-3-15(2)21(28)24(35)31-18(13-16-9-5-4-6-10-16)22(33)30-19(14-20(27)32)23(34)29-17(25(36)37)11-7-8-12-26/h4-6,9-10,15,17-19,21H,3,7-8,11-14,26,28H2,1-2H3,(H2,27,32)(H,29,34)(H,30,33)(H,31,35)(H,36,37). The highest BCUT2D eigenvalue weighted by Crippen LogP contribution is 2.09. The van der Waals surface area contributed by atoms with Crippen molar-refractivity contribution in [2.45, 2.75) is 76.5 Å². The third-order valence-corrected chi connectivity index (χ3v) is 6.08. The van der Waals surface area contributed by atoms with Gasteiger partial charge in [-0.1, -0.05) is 50.6 Å². The highest BCUT2D eigenvalue weighted by Gasteiger charge is 2.31. The summed E-state index contributed by atoms with van der Waals surface area (Å²) < 4.78 is 0. The highest BCUT2D eigenvalue weighted by atomic mass is 16.4. The topological polar surface area (TPSA) is 220 Å². The largest absolute Gasteiger partial charge is 0.480 e. The molecule has 12 nitrogen and oxygen atoms in total. The Balaban J connectivity index is 3.09. The van der Waals surface area contributed by atoms with E-state index in [4.69, 9.17) is 17.2 Å². The molecule has 1 aromatic rings. The summed E-state index contributed by atoms with van der Waals surface area (Å²) in [5.74, 6) is -4.44. The van der Waals surface area contributed by atoms with Crippen LogP contribution in [-0.2, 0) is 30.4 Å². The Labute approximate surface area is 217 Å². The second-order valence-electron chi connectivity index (χ2n) is 9.08. The second-order valence-corrected chi connectivity index (χ2v) is 9.08. The van der Waals surface area contributed by atoms with Crippen molar-refractivity contribution in [2.24, 2.45) is 23.1 Å². The van der Waals surface area contributed by atoms with E-state index >= 15 is 0 Å². The van der Waals surface area contributed by atoms with Gasteiger partial charge in [0, 0.05) is 6.42 Å². The van der Waals surface area contributed by atoms with Crippen molar-refractivity contribution >= 4 is 29.6 Å². The van der Waals surface area contributed by atoms with Gasteiger partial charge in [-0.2, -0.15) is 0 Å². The summed E-state index contributed by atoms with van der Waals surface area (Å²) in [6.45, 7) is 4.07. The Kier molecular flexibility index (Phi) is 13.9. The predicted molar refractivity (Wildman–Crippen MR) is 138 cm³/mol. The molecule has 0 bridgehead atoms. The highest BCUT2D eigenvalue weighted by molar-refractivity contribution is 5.96.